The molecule has 0 saturated carbocycles. The molecule has 3 nitrogen and oxygen atoms in total. The molecule has 2 N–H and O–H groups in total. The summed E-state index contributed by atoms with van der Waals surface area (Å²) in [7, 11) is 0. The molecule has 1 saturated heterocycles. The van der Waals surface area contributed by atoms with Gasteiger partial charge in [-0.05, 0) is 44.0 Å². The fourth-order valence-corrected chi connectivity index (χ4v) is 2.79. The fraction of sp³-hybridized carbons (Fsp3) is 0.500. The topological polar surface area (TPSA) is 41.1 Å². The second kappa shape index (κ2) is 8.08. The number of nitrogens with one attached hydrogen (secondary N) is 2. The van der Waals surface area contributed by atoms with Crippen molar-refractivity contribution in [2.45, 2.75) is 25.8 Å². The number of amides is 1. The first-order valence-electron chi connectivity index (χ1n) is 6.51. The minimum Gasteiger partial charge on any atom is -0.353 e. The SMILES string of the molecule is CC(Cc1ccc(Cl)cc1Cl)NC(=O)C1CCNC1.Cl. The molecule has 0 spiro atoms. The number of hydrogen-bond donors (Lipinski definition) is 2. The zero-order chi connectivity index (χ0) is 13.8. The van der Waals surface area contributed by atoms with Crippen molar-refractivity contribution in [3.63, 3.8) is 0 Å². The summed E-state index contributed by atoms with van der Waals surface area (Å²) in [6.45, 7) is 3.70. The molecule has 2 unspecified atom stereocenters. The first kappa shape index (κ1) is 17.6. The van der Waals surface area contributed by atoms with E-state index < -0.39 is 0 Å². The lowest BCUT2D eigenvalue weighted by molar-refractivity contribution is -0.125. The Morgan fingerprint density at radius 2 is 2.25 bits per heavy atom. The van der Waals surface area contributed by atoms with E-state index in [-0.39, 0.29) is 30.3 Å². The quantitative estimate of drug-likeness (QED) is 0.886. The molecule has 6 heteroatoms. The zero-order valence-corrected chi connectivity index (χ0v) is 13.6. The van der Waals surface area contributed by atoms with Gasteiger partial charge in [-0.25, -0.2) is 0 Å². The number of benzene rings is 1. The minimum absolute atomic E-state index is 0. The van der Waals surface area contributed by atoms with Crippen LogP contribution in [-0.2, 0) is 11.2 Å². The molecule has 1 aliphatic rings. The van der Waals surface area contributed by atoms with E-state index in [9.17, 15) is 4.79 Å². The Balaban J connectivity index is 0.00000200. The lowest BCUT2D eigenvalue weighted by Gasteiger charge is -2.17. The summed E-state index contributed by atoms with van der Waals surface area (Å²) in [5.41, 5.74) is 1.00. The first-order valence-corrected chi connectivity index (χ1v) is 7.27. The predicted molar refractivity (Wildman–Crippen MR) is 86.0 cm³/mol. The Morgan fingerprint density at radius 1 is 1.50 bits per heavy atom. The van der Waals surface area contributed by atoms with Crippen molar-refractivity contribution in [3.8, 4) is 0 Å². The number of halogens is 3. The second-order valence-electron chi connectivity index (χ2n) is 5.04. The van der Waals surface area contributed by atoms with Crippen molar-refractivity contribution in [2.24, 2.45) is 5.92 Å². The third-order valence-electron chi connectivity index (χ3n) is 3.36. The Kier molecular flexibility index (Phi) is 7.10. The lowest BCUT2D eigenvalue weighted by atomic mass is 10.0. The third-order valence-corrected chi connectivity index (χ3v) is 3.95. The van der Waals surface area contributed by atoms with Gasteiger partial charge >= 0.3 is 0 Å². The van der Waals surface area contributed by atoms with E-state index in [1.807, 2.05) is 19.1 Å². The van der Waals surface area contributed by atoms with Crippen LogP contribution < -0.4 is 10.6 Å². The predicted octanol–water partition coefficient (Wildman–Crippen LogP) is 3.07. The van der Waals surface area contributed by atoms with Gasteiger partial charge in [-0.3, -0.25) is 4.79 Å². The summed E-state index contributed by atoms with van der Waals surface area (Å²) in [6, 6.07) is 5.52. The van der Waals surface area contributed by atoms with Gasteiger partial charge in [-0.15, -0.1) is 12.4 Å². The molecular weight excluding hydrogens is 319 g/mol. The van der Waals surface area contributed by atoms with Crippen molar-refractivity contribution in [2.75, 3.05) is 13.1 Å². The maximum absolute atomic E-state index is 12.0. The van der Waals surface area contributed by atoms with Crippen LogP contribution in [0.15, 0.2) is 18.2 Å². The van der Waals surface area contributed by atoms with E-state index in [0.717, 1.165) is 25.1 Å². The summed E-state index contributed by atoms with van der Waals surface area (Å²) in [5.74, 6) is 0.228. The molecule has 0 radical (unpaired) electrons. The third kappa shape index (κ3) is 4.81. The van der Waals surface area contributed by atoms with E-state index in [1.165, 1.54) is 0 Å². The monoisotopic (exact) mass is 336 g/mol. The van der Waals surface area contributed by atoms with Gasteiger partial charge in [0.15, 0.2) is 0 Å². The summed E-state index contributed by atoms with van der Waals surface area (Å²) >= 11 is 12.0. The second-order valence-corrected chi connectivity index (χ2v) is 5.88. The Morgan fingerprint density at radius 3 is 2.85 bits per heavy atom. The van der Waals surface area contributed by atoms with E-state index in [0.29, 0.717) is 16.5 Å². The van der Waals surface area contributed by atoms with Gasteiger partial charge in [0.25, 0.3) is 0 Å². The highest BCUT2D eigenvalue weighted by molar-refractivity contribution is 6.35. The van der Waals surface area contributed by atoms with Crippen LogP contribution in [0.5, 0.6) is 0 Å². The van der Waals surface area contributed by atoms with E-state index in [4.69, 9.17) is 23.2 Å². The van der Waals surface area contributed by atoms with Crippen molar-refractivity contribution in [1.29, 1.82) is 0 Å². The highest BCUT2D eigenvalue weighted by atomic mass is 35.5. The molecule has 2 atom stereocenters. The summed E-state index contributed by atoms with van der Waals surface area (Å²) < 4.78 is 0. The number of carbonyl (C=O) groups is 1. The molecule has 0 bridgehead atoms. The molecule has 1 fully saturated rings. The van der Waals surface area contributed by atoms with E-state index in [2.05, 4.69) is 10.6 Å². The standard InChI is InChI=1S/C14H18Cl2N2O.ClH/c1-9(18-14(19)11-4-5-17-8-11)6-10-2-3-12(15)7-13(10)16;/h2-3,7,9,11,17H,4-6,8H2,1H3,(H,18,19);1H. The first-order chi connectivity index (χ1) is 9.06. The van der Waals surface area contributed by atoms with Crippen molar-refractivity contribution in [1.82, 2.24) is 10.6 Å². The van der Waals surface area contributed by atoms with Gasteiger partial charge in [-0.1, -0.05) is 29.3 Å². The Hall–Kier alpha value is -0.480. The maximum Gasteiger partial charge on any atom is 0.224 e. The molecule has 20 heavy (non-hydrogen) atoms. The Labute approximate surface area is 135 Å². The Bertz CT molecular complexity index is 462. The summed E-state index contributed by atoms with van der Waals surface area (Å²) in [5, 5.41) is 7.51. The number of carbonyl (C=O) groups excluding carboxylic acids is 1. The molecule has 0 aromatic heterocycles. The van der Waals surface area contributed by atoms with Gasteiger partial charge < -0.3 is 10.6 Å². The smallest absolute Gasteiger partial charge is 0.224 e. The highest BCUT2D eigenvalue weighted by Gasteiger charge is 2.23. The summed E-state index contributed by atoms with van der Waals surface area (Å²) in [6.07, 6.45) is 1.63. The molecule has 0 aliphatic carbocycles. The van der Waals surface area contributed by atoms with Gasteiger partial charge in [0, 0.05) is 22.6 Å². The van der Waals surface area contributed by atoms with Crippen LogP contribution >= 0.6 is 35.6 Å². The van der Waals surface area contributed by atoms with E-state index >= 15 is 0 Å². The van der Waals surface area contributed by atoms with Crippen LogP contribution in [0.25, 0.3) is 0 Å². The zero-order valence-electron chi connectivity index (χ0n) is 11.3. The molecule has 1 amide bonds. The van der Waals surface area contributed by atoms with Gasteiger partial charge in [0.1, 0.15) is 0 Å². The van der Waals surface area contributed by atoms with Crippen LogP contribution in [0.1, 0.15) is 18.9 Å². The van der Waals surface area contributed by atoms with Gasteiger partial charge in [0.05, 0.1) is 5.92 Å². The normalized spacial score (nSPS) is 19.2. The molecule has 1 aliphatic heterocycles. The van der Waals surface area contributed by atoms with Gasteiger partial charge in [0.2, 0.25) is 5.91 Å². The molecular formula is C14H19Cl3N2O. The van der Waals surface area contributed by atoms with Crippen LogP contribution in [-0.4, -0.2) is 25.0 Å². The average Bonchev–Trinajstić information content (AvgIpc) is 2.86. The molecule has 2 rings (SSSR count). The lowest BCUT2D eigenvalue weighted by Crippen LogP contribution is -2.39. The van der Waals surface area contributed by atoms with E-state index in [1.54, 1.807) is 6.07 Å². The van der Waals surface area contributed by atoms with Crippen LogP contribution in [0.4, 0.5) is 0 Å². The van der Waals surface area contributed by atoms with Crippen LogP contribution in [0.2, 0.25) is 10.0 Å². The van der Waals surface area contributed by atoms with Crippen LogP contribution in [0.3, 0.4) is 0 Å². The molecule has 1 aromatic rings. The van der Waals surface area contributed by atoms with Crippen molar-refractivity contribution < 1.29 is 4.79 Å². The van der Waals surface area contributed by atoms with Crippen molar-refractivity contribution in [3.05, 3.63) is 33.8 Å². The molecule has 1 aromatic carbocycles. The molecule has 1 heterocycles. The number of rotatable bonds is 4. The minimum atomic E-state index is 0. The maximum atomic E-state index is 12.0. The molecule has 112 valence electrons. The average molecular weight is 338 g/mol. The van der Waals surface area contributed by atoms with Crippen molar-refractivity contribution >= 4 is 41.5 Å². The van der Waals surface area contributed by atoms with Gasteiger partial charge in [-0.2, -0.15) is 0 Å². The van der Waals surface area contributed by atoms with Crippen LogP contribution in [0, 0.1) is 5.92 Å². The fourth-order valence-electron chi connectivity index (χ4n) is 2.31. The number of hydrogen-bond acceptors (Lipinski definition) is 2. The summed E-state index contributed by atoms with van der Waals surface area (Å²) in [4.78, 5) is 12.0. The largest absolute Gasteiger partial charge is 0.353 e. The highest BCUT2D eigenvalue weighted by Crippen LogP contribution is 2.22.